The Balaban J connectivity index is 0.000000241. The Morgan fingerprint density at radius 1 is 0.613 bits per heavy atom. The van der Waals surface area contributed by atoms with Gasteiger partial charge in [0.2, 0.25) is 0 Å². The molecule has 23 heteroatoms. The predicted molar refractivity (Wildman–Crippen MR) is 285 cm³/mol. The van der Waals surface area contributed by atoms with E-state index in [4.69, 9.17) is 32.7 Å². The average Bonchev–Trinajstić information content (AvgIpc) is 3.37. The maximum atomic E-state index is 13.4. The van der Waals surface area contributed by atoms with Crippen molar-refractivity contribution in [3.8, 4) is 23.0 Å². The molecule has 8 aromatic rings. The Labute approximate surface area is 470 Å². The number of methoxy groups -OCH3 is 2. The summed E-state index contributed by atoms with van der Waals surface area (Å²) in [5.41, 5.74) is 0.705. The molecule has 18 nitrogen and oxygen atoms in total. The molecular formula is C52H42CaCl2N6O12S2. The van der Waals surface area contributed by atoms with Crippen molar-refractivity contribution in [3.05, 3.63) is 166 Å². The molecule has 0 atom stereocenters. The number of aromatic hydroxyl groups is 1. The second kappa shape index (κ2) is 24.7. The molecule has 0 fully saturated rings. The summed E-state index contributed by atoms with van der Waals surface area (Å²) >= 11 is 12.1. The van der Waals surface area contributed by atoms with Crippen LogP contribution < -0.4 is 25.0 Å². The van der Waals surface area contributed by atoms with E-state index < -0.39 is 53.3 Å². The van der Waals surface area contributed by atoms with Crippen molar-refractivity contribution in [2.75, 3.05) is 19.5 Å². The standard InChI is InChI=1S/2C26H22ClN3O6S.Ca/c2*1-3-15-11-12-21(27)25(37(33,34)35)22(15)29-30-23-19-10-5-4-7-16(19)13-20(24(23)31)26(32)28-17-8-6-9-18(14-17)36-2;/h2*4-14,31H,3H2,1-2H3,(H,28,32)(H,33,34,35);/q;;+2/p-2. The molecule has 0 aliphatic heterocycles. The number of rotatable bonds is 14. The number of anilines is 1. The Bertz CT molecular complexity index is 3830. The first kappa shape index (κ1) is 57.6. The number of ether oxygens (including phenoxy) is 2. The number of nitrogens with zero attached hydrogens (tertiary/aromatic N) is 5. The van der Waals surface area contributed by atoms with E-state index in [1.807, 2.05) is 0 Å². The third-order valence-corrected chi connectivity index (χ3v) is 13.9. The van der Waals surface area contributed by atoms with Gasteiger partial charge in [-0.25, -0.2) is 0 Å². The van der Waals surface area contributed by atoms with Gasteiger partial charge < -0.3 is 30.1 Å². The number of fused-ring (bicyclic) bond motifs is 2. The van der Waals surface area contributed by atoms with Crippen molar-refractivity contribution in [3.63, 3.8) is 0 Å². The Hall–Kier alpha value is -6.72. The fourth-order valence-electron chi connectivity index (χ4n) is 7.57. The molecule has 0 unspecified atom stereocenters. The van der Waals surface area contributed by atoms with Gasteiger partial charge in [0.05, 0.1) is 41.2 Å². The minimum Gasteiger partial charge on any atom is -0.871 e. The SMILES string of the molecule is CCc1ccc(Cl)c(S(=O)(=O)O)c1N=Nc1c(O)c(C(=O)Nc2cccc(OC)c2)cc2ccccc12.CCc1ccc(Cl)c(S(=O)(=O)O)c1N=Nc1c([O-])c(C([O-])=Nc2cccc(OC)c2)cc2ccccc12.[Ca+2]. The number of hydrogen-bond acceptors (Lipinski definition) is 15. The number of amides is 1. The van der Waals surface area contributed by atoms with Crippen molar-refractivity contribution >= 4 is 149 Å². The van der Waals surface area contributed by atoms with Gasteiger partial charge in [-0.3, -0.25) is 18.9 Å². The van der Waals surface area contributed by atoms with Gasteiger partial charge in [0.15, 0.2) is 5.75 Å². The fraction of sp³-hybridized carbons (Fsp3) is 0.115. The summed E-state index contributed by atoms with van der Waals surface area (Å²) in [6.07, 6.45) is 0.709. The van der Waals surface area contributed by atoms with E-state index in [1.165, 1.54) is 38.5 Å². The van der Waals surface area contributed by atoms with Gasteiger partial charge in [-0.15, -0.1) is 15.3 Å². The number of halogens is 2. The van der Waals surface area contributed by atoms with Gasteiger partial charge in [-0.05, 0) is 94.7 Å². The zero-order valence-corrected chi connectivity index (χ0v) is 45.5. The number of aliphatic imine (C=N–C) groups is 1. The van der Waals surface area contributed by atoms with Gasteiger partial charge in [0.1, 0.15) is 38.4 Å². The molecule has 0 radical (unpaired) electrons. The summed E-state index contributed by atoms with van der Waals surface area (Å²) in [7, 11) is -6.51. The number of aryl methyl sites for hydroxylation is 2. The summed E-state index contributed by atoms with van der Waals surface area (Å²) < 4.78 is 78.0. The van der Waals surface area contributed by atoms with E-state index in [1.54, 1.807) is 123 Å². The number of benzene rings is 8. The third-order valence-electron chi connectivity index (χ3n) is 11.2. The topological polar surface area (TPSA) is 284 Å². The van der Waals surface area contributed by atoms with E-state index in [2.05, 4.69) is 30.8 Å². The van der Waals surface area contributed by atoms with Crippen LogP contribution in [-0.2, 0) is 33.1 Å². The van der Waals surface area contributed by atoms with Crippen LogP contribution in [0.3, 0.4) is 0 Å². The minimum absolute atomic E-state index is 0. The summed E-state index contributed by atoms with van der Waals surface area (Å²) in [5, 5.41) is 58.1. The predicted octanol–water partition coefficient (Wildman–Crippen LogP) is 11.5. The second-order valence-electron chi connectivity index (χ2n) is 15.8. The quantitative estimate of drug-likeness (QED) is 0.0260. The van der Waals surface area contributed by atoms with Crippen molar-refractivity contribution in [2.24, 2.45) is 25.4 Å². The van der Waals surface area contributed by atoms with Crippen LogP contribution in [0.15, 0.2) is 169 Å². The molecule has 0 aromatic heterocycles. The maximum absolute atomic E-state index is 13.4. The summed E-state index contributed by atoms with van der Waals surface area (Å²) in [6.45, 7) is 3.52. The second-order valence-corrected chi connectivity index (χ2v) is 19.3. The van der Waals surface area contributed by atoms with Crippen LogP contribution in [0.4, 0.5) is 34.1 Å². The van der Waals surface area contributed by atoms with Crippen LogP contribution in [0.25, 0.3) is 21.5 Å². The number of carbonyl (C=O) groups is 1. The fourth-order valence-corrected chi connectivity index (χ4v) is 9.92. The Kier molecular flexibility index (Phi) is 19.0. The molecule has 4 N–H and O–H groups in total. The van der Waals surface area contributed by atoms with Crippen LogP contribution in [0.1, 0.15) is 40.9 Å². The van der Waals surface area contributed by atoms with E-state index in [9.17, 15) is 46.1 Å². The third kappa shape index (κ3) is 13.2. The molecule has 75 heavy (non-hydrogen) atoms. The number of carbonyl (C=O) groups excluding carboxylic acids is 1. The van der Waals surface area contributed by atoms with Crippen LogP contribution in [0.5, 0.6) is 23.0 Å². The van der Waals surface area contributed by atoms with Crippen molar-refractivity contribution in [2.45, 2.75) is 36.5 Å². The molecule has 0 aliphatic rings. The number of hydrogen-bond donors (Lipinski definition) is 4. The van der Waals surface area contributed by atoms with E-state index in [-0.39, 0.29) is 81.7 Å². The molecule has 0 saturated carbocycles. The van der Waals surface area contributed by atoms with Crippen molar-refractivity contribution in [1.29, 1.82) is 0 Å². The molecular weight excluding hydrogens is 1080 g/mol. The van der Waals surface area contributed by atoms with Gasteiger partial charge in [-0.1, -0.05) is 116 Å². The number of phenols is 1. The molecule has 0 aliphatic carbocycles. The number of nitrogens with one attached hydrogen (secondary N) is 1. The summed E-state index contributed by atoms with van der Waals surface area (Å²) in [4.78, 5) is 15.9. The van der Waals surface area contributed by atoms with Gasteiger partial charge in [0.25, 0.3) is 26.1 Å². The molecule has 0 spiro atoms. The maximum Gasteiger partial charge on any atom is 2.00 e. The zero-order chi connectivity index (χ0) is 53.5. The molecule has 0 saturated heterocycles. The first-order chi connectivity index (χ1) is 35.3. The summed E-state index contributed by atoms with van der Waals surface area (Å²) in [5.74, 6) is -1.58. The van der Waals surface area contributed by atoms with Crippen LogP contribution in [-0.4, -0.2) is 94.8 Å². The summed E-state index contributed by atoms with van der Waals surface area (Å²) in [6, 6.07) is 35.6. The van der Waals surface area contributed by atoms with Gasteiger partial charge >= 0.3 is 37.7 Å². The Morgan fingerprint density at radius 3 is 1.60 bits per heavy atom. The van der Waals surface area contributed by atoms with Crippen LogP contribution in [0.2, 0.25) is 10.0 Å². The zero-order valence-electron chi connectivity index (χ0n) is 40.1. The molecule has 380 valence electrons. The smallest absolute Gasteiger partial charge is 0.871 e. The number of phenolic OH excluding ortho intramolecular Hbond substituents is 1. The Morgan fingerprint density at radius 2 is 1.08 bits per heavy atom. The normalized spacial score (nSPS) is 11.9. The molecule has 1 amide bonds. The first-order valence-electron chi connectivity index (χ1n) is 22.0. The van der Waals surface area contributed by atoms with Crippen molar-refractivity contribution in [1.82, 2.24) is 0 Å². The molecule has 8 aromatic carbocycles. The molecule has 0 heterocycles. The van der Waals surface area contributed by atoms with Crippen molar-refractivity contribution < 1.29 is 55.5 Å². The van der Waals surface area contributed by atoms with Crippen LogP contribution in [0, 0.1) is 0 Å². The average molecular weight is 1120 g/mol. The van der Waals surface area contributed by atoms with Gasteiger partial charge in [0, 0.05) is 28.6 Å². The minimum atomic E-state index is -4.76. The van der Waals surface area contributed by atoms with E-state index in [0.29, 0.717) is 68.4 Å². The van der Waals surface area contributed by atoms with Gasteiger partial charge in [-0.2, -0.15) is 21.9 Å². The monoisotopic (exact) mass is 1120 g/mol. The molecule has 0 bridgehead atoms. The van der Waals surface area contributed by atoms with Crippen LogP contribution >= 0.6 is 23.2 Å². The number of azo groups is 2. The van der Waals surface area contributed by atoms with E-state index in [0.717, 1.165) is 0 Å². The largest absolute Gasteiger partial charge is 2.00 e. The van der Waals surface area contributed by atoms with E-state index >= 15 is 0 Å². The molecule has 8 rings (SSSR count). The first-order valence-corrected chi connectivity index (χ1v) is 25.7.